The van der Waals surface area contributed by atoms with Gasteiger partial charge in [0.1, 0.15) is 0 Å². The predicted octanol–water partition coefficient (Wildman–Crippen LogP) is 6.36. The van der Waals surface area contributed by atoms with Crippen molar-refractivity contribution in [3.8, 4) is 0 Å². The first kappa shape index (κ1) is 20.5. The normalized spacial score (nSPS) is 30.0. The number of nitrogens with zero attached hydrogens (tertiary/aromatic N) is 1. The van der Waals surface area contributed by atoms with Crippen LogP contribution in [0.2, 0.25) is 0 Å². The zero-order chi connectivity index (χ0) is 18.1. The number of hydrogen-bond acceptors (Lipinski definition) is 1. The zero-order valence-electron chi connectivity index (χ0n) is 16.8. The van der Waals surface area contributed by atoms with Gasteiger partial charge in [-0.3, -0.25) is 4.79 Å². The van der Waals surface area contributed by atoms with Crippen LogP contribution in [0.15, 0.2) is 12.7 Å². The van der Waals surface area contributed by atoms with E-state index in [1.807, 2.05) is 11.9 Å². The quantitative estimate of drug-likeness (QED) is 0.351. The molecule has 0 heterocycles. The molecule has 2 aliphatic rings. The minimum atomic E-state index is 0.0825. The third kappa shape index (κ3) is 6.79. The van der Waals surface area contributed by atoms with E-state index >= 15 is 0 Å². The summed E-state index contributed by atoms with van der Waals surface area (Å²) in [6.07, 6.45) is 21.0. The molecule has 0 N–H and O–H groups in total. The Morgan fingerprint density at radius 2 is 1.36 bits per heavy atom. The highest BCUT2D eigenvalue weighted by molar-refractivity contribution is 5.87. The van der Waals surface area contributed by atoms with E-state index in [1.54, 1.807) is 0 Å². The largest absolute Gasteiger partial charge is 0.339 e. The summed E-state index contributed by atoms with van der Waals surface area (Å²) < 4.78 is 0. The van der Waals surface area contributed by atoms with E-state index in [-0.39, 0.29) is 5.91 Å². The fourth-order valence-corrected chi connectivity index (χ4v) is 5.11. The van der Waals surface area contributed by atoms with Crippen LogP contribution in [0.5, 0.6) is 0 Å². The first-order valence-electron chi connectivity index (χ1n) is 11.0. The molecule has 144 valence electrons. The molecular weight excluding hydrogens is 306 g/mol. The van der Waals surface area contributed by atoms with Crippen molar-refractivity contribution in [2.45, 2.75) is 103 Å². The summed E-state index contributed by atoms with van der Waals surface area (Å²) in [6.45, 7) is 5.91. The highest BCUT2D eigenvalue weighted by Gasteiger charge is 2.27. The van der Waals surface area contributed by atoms with Gasteiger partial charge in [0.15, 0.2) is 0 Å². The van der Waals surface area contributed by atoms with E-state index in [0.717, 1.165) is 17.8 Å². The maximum Gasteiger partial charge on any atom is 0.245 e. The third-order valence-corrected chi connectivity index (χ3v) is 7.05. The minimum absolute atomic E-state index is 0.0825. The standard InChI is InChI=1S/C23H41NO/c1-4-6-7-8-19-9-11-20(12-10-19)13-14-21-15-17-22(18-16-21)24(3)23(25)5-2/h5,19-22H,2,4,6-18H2,1,3H3. The molecule has 0 saturated heterocycles. The lowest BCUT2D eigenvalue weighted by molar-refractivity contribution is -0.127. The van der Waals surface area contributed by atoms with E-state index in [4.69, 9.17) is 0 Å². The second-order valence-electron chi connectivity index (χ2n) is 8.79. The lowest BCUT2D eigenvalue weighted by Gasteiger charge is -2.35. The Labute approximate surface area is 156 Å². The molecule has 0 aromatic carbocycles. The van der Waals surface area contributed by atoms with Gasteiger partial charge < -0.3 is 4.90 Å². The predicted molar refractivity (Wildman–Crippen MR) is 108 cm³/mol. The number of hydrogen-bond donors (Lipinski definition) is 0. The van der Waals surface area contributed by atoms with E-state index in [1.165, 1.54) is 96.0 Å². The number of rotatable bonds is 9. The monoisotopic (exact) mass is 347 g/mol. The van der Waals surface area contributed by atoms with Gasteiger partial charge >= 0.3 is 0 Å². The van der Waals surface area contributed by atoms with Crippen LogP contribution in [-0.2, 0) is 4.79 Å². The summed E-state index contributed by atoms with van der Waals surface area (Å²) >= 11 is 0. The topological polar surface area (TPSA) is 20.3 Å². The summed E-state index contributed by atoms with van der Waals surface area (Å²) in [5, 5.41) is 0. The van der Waals surface area contributed by atoms with Gasteiger partial charge in [0.25, 0.3) is 0 Å². The molecule has 0 radical (unpaired) electrons. The SMILES string of the molecule is C=CC(=O)N(C)C1CCC(CCC2CCC(CCCCC)CC2)CC1. The van der Waals surface area contributed by atoms with Crippen molar-refractivity contribution in [3.05, 3.63) is 12.7 Å². The van der Waals surface area contributed by atoms with Gasteiger partial charge in [-0.2, -0.15) is 0 Å². The van der Waals surface area contributed by atoms with Crippen LogP contribution in [0.25, 0.3) is 0 Å². The maximum absolute atomic E-state index is 11.7. The first-order chi connectivity index (χ1) is 12.1. The molecule has 0 unspecified atom stereocenters. The molecule has 0 spiro atoms. The average Bonchev–Trinajstić information content (AvgIpc) is 2.66. The number of carbonyl (C=O) groups excluding carboxylic acids is 1. The Kier molecular flexibility index (Phi) is 9.06. The zero-order valence-corrected chi connectivity index (χ0v) is 16.8. The molecule has 2 aliphatic carbocycles. The van der Waals surface area contributed by atoms with Crippen LogP contribution < -0.4 is 0 Å². The molecule has 2 fully saturated rings. The Bertz CT molecular complexity index is 389. The Hall–Kier alpha value is -0.790. The lowest BCUT2D eigenvalue weighted by Crippen LogP contribution is -2.38. The molecular formula is C23H41NO. The maximum atomic E-state index is 11.7. The van der Waals surface area contributed by atoms with Gasteiger partial charge in [0.05, 0.1) is 0 Å². The molecule has 1 amide bonds. The number of carbonyl (C=O) groups is 1. The van der Waals surface area contributed by atoms with Gasteiger partial charge in [-0.1, -0.05) is 77.7 Å². The van der Waals surface area contributed by atoms with Crippen LogP contribution in [-0.4, -0.2) is 23.9 Å². The van der Waals surface area contributed by atoms with Crippen LogP contribution in [0.1, 0.15) is 96.8 Å². The summed E-state index contributed by atoms with van der Waals surface area (Å²) in [6, 6.07) is 0.445. The summed E-state index contributed by atoms with van der Waals surface area (Å²) in [4.78, 5) is 13.6. The molecule has 25 heavy (non-hydrogen) atoms. The van der Waals surface area contributed by atoms with Crippen molar-refractivity contribution >= 4 is 5.91 Å². The Balaban J connectivity index is 1.58. The second kappa shape index (κ2) is 11.0. The van der Waals surface area contributed by atoms with Crippen molar-refractivity contribution in [1.29, 1.82) is 0 Å². The second-order valence-corrected chi connectivity index (χ2v) is 8.79. The fourth-order valence-electron chi connectivity index (χ4n) is 5.11. The fraction of sp³-hybridized carbons (Fsp3) is 0.870. The average molecular weight is 348 g/mol. The molecule has 0 bridgehead atoms. The number of likely N-dealkylation sites (N-methyl/N-ethyl adjacent to an activating group) is 1. The van der Waals surface area contributed by atoms with E-state index in [2.05, 4.69) is 13.5 Å². The lowest BCUT2D eigenvalue weighted by atomic mass is 9.75. The van der Waals surface area contributed by atoms with E-state index < -0.39 is 0 Å². The van der Waals surface area contributed by atoms with Crippen LogP contribution in [0, 0.1) is 17.8 Å². The molecule has 0 aromatic heterocycles. The molecule has 2 saturated carbocycles. The van der Waals surface area contributed by atoms with Crippen molar-refractivity contribution in [2.24, 2.45) is 17.8 Å². The highest BCUT2D eigenvalue weighted by Crippen LogP contribution is 2.37. The Morgan fingerprint density at radius 3 is 1.84 bits per heavy atom. The van der Waals surface area contributed by atoms with E-state index in [0.29, 0.717) is 6.04 Å². The van der Waals surface area contributed by atoms with Crippen LogP contribution in [0.3, 0.4) is 0 Å². The van der Waals surface area contributed by atoms with Gasteiger partial charge in [-0.05, 0) is 49.5 Å². The minimum Gasteiger partial charge on any atom is -0.339 e. The molecule has 0 aromatic rings. The highest BCUT2D eigenvalue weighted by atomic mass is 16.2. The van der Waals surface area contributed by atoms with Crippen molar-refractivity contribution in [1.82, 2.24) is 4.90 Å². The van der Waals surface area contributed by atoms with Gasteiger partial charge in [-0.15, -0.1) is 0 Å². The first-order valence-corrected chi connectivity index (χ1v) is 11.0. The van der Waals surface area contributed by atoms with Gasteiger partial charge in [0.2, 0.25) is 5.91 Å². The molecule has 0 aliphatic heterocycles. The summed E-state index contributed by atoms with van der Waals surface area (Å²) in [5.74, 6) is 3.03. The molecule has 2 rings (SSSR count). The summed E-state index contributed by atoms with van der Waals surface area (Å²) in [7, 11) is 1.94. The van der Waals surface area contributed by atoms with Crippen molar-refractivity contribution < 1.29 is 4.79 Å². The van der Waals surface area contributed by atoms with Crippen LogP contribution in [0.4, 0.5) is 0 Å². The van der Waals surface area contributed by atoms with Gasteiger partial charge in [0, 0.05) is 13.1 Å². The smallest absolute Gasteiger partial charge is 0.245 e. The number of unbranched alkanes of at least 4 members (excludes halogenated alkanes) is 2. The van der Waals surface area contributed by atoms with E-state index in [9.17, 15) is 4.79 Å². The van der Waals surface area contributed by atoms with Crippen molar-refractivity contribution in [2.75, 3.05) is 7.05 Å². The third-order valence-electron chi connectivity index (χ3n) is 7.05. The van der Waals surface area contributed by atoms with Crippen LogP contribution >= 0.6 is 0 Å². The number of amides is 1. The molecule has 0 atom stereocenters. The Morgan fingerprint density at radius 1 is 0.880 bits per heavy atom. The summed E-state index contributed by atoms with van der Waals surface area (Å²) in [5.41, 5.74) is 0. The molecule has 2 nitrogen and oxygen atoms in total. The molecule has 2 heteroatoms. The van der Waals surface area contributed by atoms with Crippen molar-refractivity contribution in [3.63, 3.8) is 0 Å². The van der Waals surface area contributed by atoms with Gasteiger partial charge in [-0.25, -0.2) is 0 Å².